The fourth-order valence-electron chi connectivity index (χ4n) is 7.39. The van der Waals surface area contributed by atoms with Gasteiger partial charge in [0, 0.05) is 25.8 Å². The number of carbonyl (C=O) groups is 3. The maximum Gasteiger partial charge on any atom is 0.306 e. The molecule has 0 spiro atoms. The van der Waals surface area contributed by atoms with Crippen LogP contribution in [0.15, 0.2) is 0 Å². The lowest BCUT2D eigenvalue weighted by Gasteiger charge is -2.22. The number of esters is 2. The van der Waals surface area contributed by atoms with Crippen LogP contribution in [0.3, 0.4) is 0 Å². The molecule has 0 saturated heterocycles. The standard InChI is InChI=1S/C48H94N2O5/c1-5-9-12-15-18-27-34-44-54-47(52)38-30-23-19-25-32-41-50(43-35-40-49-46(51)8-4)42-33-26-20-24-31-39-48(53)55-45(36-28-21-16-13-10-6-2)37-29-22-17-14-11-7-3/h45H,5-44H2,1-4H3,(H,49,51). The molecule has 0 rings (SSSR count). The summed E-state index contributed by atoms with van der Waals surface area (Å²) in [7, 11) is 0. The third kappa shape index (κ3) is 40.4. The molecule has 0 bridgehead atoms. The van der Waals surface area contributed by atoms with Gasteiger partial charge < -0.3 is 19.7 Å². The minimum Gasteiger partial charge on any atom is -0.466 e. The summed E-state index contributed by atoms with van der Waals surface area (Å²) in [5.74, 6) is 0.115. The van der Waals surface area contributed by atoms with Crippen LogP contribution in [0.1, 0.15) is 252 Å². The third-order valence-corrected chi connectivity index (χ3v) is 11.1. The van der Waals surface area contributed by atoms with E-state index in [0.29, 0.717) is 25.9 Å². The van der Waals surface area contributed by atoms with Crippen LogP contribution in [0, 0.1) is 0 Å². The van der Waals surface area contributed by atoms with E-state index in [-0.39, 0.29) is 23.9 Å². The van der Waals surface area contributed by atoms with Gasteiger partial charge in [-0.1, -0.05) is 169 Å². The molecule has 0 aromatic heterocycles. The Labute approximate surface area is 342 Å². The Balaban J connectivity index is 4.29. The molecule has 0 aliphatic carbocycles. The molecule has 0 radical (unpaired) electrons. The Morgan fingerprint density at radius 1 is 0.455 bits per heavy atom. The summed E-state index contributed by atoms with van der Waals surface area (Å²) < 4.78 is 11.5. The summed E-state index contributed by atoms with van der Waals surface area (Å²) in [5, 5.41) is 3.02. The fourth-order valence-corrected chi connectivity index (χ4v) is 7.39. The van der Waals surface area contributed by atoms with Crippen molar-refractivity contribution in [1.29, 1.82) is 0 Å². The molecule has 0 saturated carbocycles. The predicted molar refractivity (Wildman–Crippen MR) is 235 cm³/mol. The molecule has 1 N–H and O–H groups in total. The average Bonchev–Trinajstić information content (AvgIpc) is 3.18. The van der Waals surface area contributed by atoms with E-state index < -0.39 is 0 Å². The lowest BCUT2D eigenvalue weighted by molar-refractivity contribution is -0.150. The van der Waals surface area contributed by atoms with Gasteiger partial charge in [-0.25, -0.2) is 0 Å². The molecule has 0 aliphatic heterocycles. The number of carbonyl (C=O) groups excluding carboxylic acids is 3. The van der Waals surface area contributed by atoms with Gasteiger partial charge in [-0.05, 0) is 83.8 Å². The molecule has 7 heteroatoms. The molecule has 0 atom stereocenters. The van der Waals surface area contributed by atoms with Crippen molar-refractivity contribution in [2.75, 3.05) is 32.8 Å². The van der Waals surface area contributed by atoms with Gasteiger partial charge in [0.25, 0.3) is 0 Å². The highest BCUT2D eigenvalue weighted by molar-refractivity contribution is 5.75. The van der Waals surface area contributed by atoms with Crippen LogP contribution in [0.4, 0.5) is 0 Å². The number of rotatable bonds is 44. The molecule has 326 valence electrons. The topological polar surface area (TPSA) is 84.9 Å². The number of hydrogen-bond donors (Lipinski definition) is 1. The van der Waals surface area contributed by atoms with E-state index in [1.165, 1.54) is 141 Å². The summed E-state index contributed by atoms with van der Waals surface area (Å²) in [4.78, 5) is 39.1. The van der Waals surface area contributed by atoms with Crippen LogP contribution < -0.4 is 5.32 Å². The minimum absolute atomic E-state index is 0.0158. The predicted octanol–water partition coefficient (Wildman–Crippen LogP) is 13.6. The van der Waals surface area contributed by atoms with Gasteiger partial charge in [0.2, 0.25) is 5.91 Å². The van der Waals surface area contributed by atoms with E-state index in [0.717, 1.165) is 90.4 Å². The quantitative estimate of drug-likeness (QED) is 0.0490. The van der Waals surface area contributed by atoms with Crippen molar-refractivity contribution in [3.05, 3.63) is 0 Å². The first kappa shape index (κ1) is 53.4. The Kier molecular flexibility index (Phi) is 42.2. The fraction of sp³-hybridized carbons (Fsp3) is 0.938. The average molecular weight is 779 g/mol. The van der Waals surface area contributed by atoms with E-state index in [1.807, 2.05) is 6.92 Å². The van der Waals surface area contributed by atoms with Crippen molar-refractivity contribution in [2.24, 2.45) is 0 Å². The van der Waals surface area contributed by atoms with E-state index in [1.54, 1.807) is 0 Å². The summed E-state index contributed by atoms with van der Waals surface area (Å²) in [6, 6.07) is 0. The molecular formula is C48H94N2O5. The normalized spacial score (nSPS) is 11.5. The highest BCUT2D eigenvalue weighted by Gasteiger charge is 2.14. The second kappa shape index (κ2) is 43.5. The zero-order valence-electron chi connectivity index (χ0n) is 37.4. The van der Waals surface area contributed by atoms with Gasteiger partial charge in [0.15, 0.2) is 0 Å². The molecule has 0 aromatic carbocycles. The van der Waals surface area contributed by atoms with Gasteiger partial charge in [-0.15, -0.1) is 0 Å². The summed E-state index contributed by atoms with van der Waals surface area (Å²) in [5.41, 5.74) is 0. The molecule has 7 nitrogen and oxygen atoms in total. The van der Waals surface area contributed by atoms with Crippen LogP contribution in [0.2, 0.25) is 0 Å². The van der Waals surface area contributed by atoms with Gasteiger partial charge >= 0.3 is 11.9 Å². The molecule has 0 unspecified atom stereocenters. The number of nitrogens with one attached hydrogen (secondary N) is 1. The Hall–Kier alpha value is -1.63. The van der Waals surface area contributed by atoms with Crippen LogP contribution in [0.5, 0.6) is 0 Å². The summed E-state index contributed by atoms with van der Waals surface area (Å²) in [6.07, 6.45) is 39.9. The number of hydrogen-bond acceptors (Lipinski definition) is 6. The maximum atomic E-state index is 12.8. The highest BCUT2D eigenvalue weighted by Crippen LogP contribution is 2.18. The smallest absolute Gasteiger partial charge is 0.306 e. The van der Waals surface area contributed by atoms with Crippen molar-refractivity contribution in [3.63, 3.8) is 0 Å². The van der Waals surface area contributed by atoms with Crippen LogP contribution >= 0.6 is 0 Å². The van der Waals surface area contributed by atoms with E-state index in [4.69, 9.17) is 9.47 Å². The lowest BCUT2D eigenvalue weighted by Crippen LogP contribution is -2.31. The second-order valence-corrected chi connectivity index (χ2v) is 16.5. The maximum absolute atomic E-state index is 12.8. The molecule has 1 amide bonds. The van der Waals surface area contributed by atoms with Crippen molar-refractivity contribution < 1.29 is 23.9 Å². The van der Waals surface area contributed by atoms with Gasteiger partial charge in [0.1, 0.15) is 6.10 Å². The number of ether oxygens (including phenoxy) is 2. The van der Waals surface area contributed by atoms with Crippen LogP contribution in [-0.2, 0) is 23.9 Å². The molecule has 55 heavy (non-hydrogen) atoms. The highest BCUT2D eigenvalue weighted by atomic mass is 16.5. The lowest BCUT2D eigenvalue weighted by atomic mass is 10.0. The van der Waals surface area contributed by atoms with Gasteiger partial charge in [-0.3, -0.25) is 14.4 Å². The van der Waals surface area contributed by atoms with Gasteiger partial charge in [-0.2, -0.15) is 0 Å². The molecule has 0 aromatic rings. The first-order valence-electron chi connectivity index (χ1n) is 24.3. The zero-order valence-corrected chi connectivity index (χ0v) is 37.4. The first-order chi connectivity index (χ1) is 27.0. The van der Waals surface area contributed by atoms with Gasteiger partial charge in [0.05, 0.1) is 6.61 Å². The first-order valence-corrected chi connectivity index (χ1v) is 24.3. The summed E-state index contributed by atoms with van der Waals surface area (Å²) in [6.45, 7) is 13.2. The SMILES string of the molecule is CCCCCCCCCOC(=O)CCCCCCCN(CCCCCCCC(=O)OC(CCCCCCCC)CCCCCCCC)CCCNC(=O)CC. The molecule has 0 fully saturated rings. The molecule has 0 aliphatic rings. The van der Waals surface area contributed by atoms with Crippen molar-refractivity contribution in [1.82, 2.24) is 10.2 Å². The molecule has 0 heterocycles. The van der Waals surface area contributed by atoms with Crippen molar-refractivity contribution in [3.8, 4) is 0 Å². The van der Waals surface area contributed by atoms with Crippen molar-refractivity contribution in [2.45, 2.75) is 259 Å². The Morgan fingerprint density at radius 2 is 0.855 bits per heavy atom. The number of amides is 1. The summed E-state index contributed by atoms with van der Waals surface area (Å²) >= 11 is 0. The number of unbranched alkanes of at least 4 members (excludes halogenated alkanes) is 24. The third-order valence-electron chi connectivity index (χ3n) is 11.1. The monoisotopic (exact) mass is 779 g/mol. The van der Waals surface area contributed by atoms with Crippen molar-refractivity contribution >= 4 is 17.8 Å². The van der Waals surface area contributed by atoms with E-state index >= 15 is 0 Å². The largest absolute Gasteiger partial charge is 0.466 e. The minimum atomic E-state index is -0.0292. The van der Waals surface area contributed by atoms with E-state index in [2.05, 4.69) is 31.0 Å². The Morgan fingerprint density at radius 3 is 1.35 bits per heavy atom. The number of nitrogens with zero attached hydrogens (tertiary/aromatic N) is 1. The molecular weight excluding hydrogens is 685 g/mol. The Bertz CT molecular complexity index is 821. The van der Waals surface area contributed by atoms with E-state index in [9.17, 15) is 14.4 Å². The second-order valence-electron chi connectivity index (χ2n) is 16.5. The zero-order chi connectivity index (χ0) is 40.3. The van der Waals surface area contributed by atoms with Crippen LogP contribution in [0.25, 0.3) is 0 Å². The van der Waals surface area contributed by atoms with Crippen LogP contribution in [-0.4, -0.2) is 61.6 Å².